The predicted molar refractivity (Wildman–Crippen MR) is 146 cm³/mol. The van der Waals surface area contributed by atoms with E-state index in [0.29, 0.717) is 10.4 Å². The number of fused-ring (bicyclic) bond motifs is 1. The Bertz CT molecular complexity index is 1900. The summed E-state index contributed by atoms with van der Waals surface area (Å²) in [5, 5.41) is 17.3. The van der Waals surface area contributed by atoms with Gasteiger partial charge in [-0.15, -0.1) is 15.7 Å². The molecule has 11 nitrogen and oxygen atoms in total. The summed E-state index contributed by atoms with van der Waals surface area (Å²) in [6, 6.07) is 12.7. The number of thiophene rings is 1. The Hall–Kier alpha value is -4.08. The molecule has 39 heavy (non-hydrogen) atoms. The second-order valence-electron chi connectivity index (χ2n) is 8.64. The molecule has 5 rings (SSSR count). The van der Waals surface area contributed by atoms with Gasteiger partial charge >= 0.3 is 0 Å². The molecule has 0 unspecified atom stereocenters. The molecule has 0 aliphatic carbocycles. The Morgan fingerprint density at radius 3 is 2.49 bits per heavy atom. The zero-order valence-corrected chi connectivity index (χ0v) is 22.8. The molecule has 4 aromatic rings. The first-order valence-electron chi connectivity index (χ1n) is 11.2. The molecule has 0 radical (unpaired) electrons. The fourth-order valence-electron chi connectivity index (χ4n) is 4.04. The van der Waals surface area contributed by atoms with Gasteiger partial charge in [0.15, 0.2) is 11.6 Å². The third-order valence-electron chi connectivity index (χ3n) is 5.78. The maximum absolute atomic E-state index is 13.7. The van der Waals surface area contributed by atoms with Crippen LogP contribution in [0.5, 0.6) is 5.75 Å². The summed E-state index contributed by atoms with van der Waals surface area (Å²) >= 11 is 1.25. The molecule has 0 bridgehead atoms. The summed E-state index contributed by atoms with van der Waals surface area (Å²) in [4.78, 5) is 15.2. The molecule has 0 saturated heterocycles. The standard InChI is InChI=1S/C24H20FN5O6S3/c1-29-17-10-9-16(27-38(2,33)34)12-19(17)39(35,36)28-23(29)20-22(31)21(18-4-3-11-37-18)26-30(24(20)32)13-14-5-7-15(25)8-6-14/h3-12,27,31H,13H2,1-2H3. The van der Waals surface area contributed by atoms with Crippen LogP contribution in [0.2, 0.25) is 0 Å². The minimum atomic E-state index is -4.43. The lowest BCUT2D eigenvalue weighted by atomic mass is 10.1. The molecule has 3 heterocycles. The van der Waals surface area contributed by atoms with Gasteiger partial charge in [0, 0.05) is 12.7 Å². The maximum atomic E-state index is 13.7. The van der Waals surface area contributed by atoms with Crippen LogP contribution in [0, 0.1) is 5.82 Å². The van der Waals surface area contributed by atoms with Gasteiger partial charge in [0.1, 0.15) is 22.0 Å². The minimum absolute atomic E-state index is 0.0141. The largest absolute Gasteiger partial charge is 0.505 e. The third kappa shape index (κ3) is 5.15. The van der Waals surface area contributed by atoms with E-state index in [1.54, 1.807) is 17.5 Å². The van der Waals surface area contributed by atoms with E-state index in [-0.39, 0.29) is 34.3 Å². The Morgan fingerprint density at radius 1 is 1.13 bits per heavy atom. The van der Waals surface area contributed by atoms with Crippen molar-refractivity contribution in [3.8, 4) is 16.3 Å². The Morgan fingerprint density at radius 2 is 1.85 bits per heavy atom. The van der Waals surface area contributed by atoms with Crippen molar-refractivity contribution in [1.29, 1.82) is 0 Å². The van der Waals surface area contributed by atoms with Crippen molar-refractivity contribution < 1.29 is 26.3 Å². The van der Waals surface area contributed by atoms with E-state index >= 15 is 0 Å². The van der Waals surface area contributed by atoms with E-state index in [2.05, 4.69) is 14.2 Å². The molecule has 2 aromatic heterocycles. The Balaban J connectivity index is 1.70. The molecule has 1 aliphatic heterocycles. The molecule has 2 aromatic carbocycles. The van der Waals surface area contributed by atoms with Gasteiger partial charge in [0.2, 0.25) is 10.0 Å². The number of hydrogen-bond donors (Lipinski definition) is 2. The first kappa shape index (κ1) is 26.5. The van der Waals surface area contributed by atoms with E-state index in [4.69, 9.17) is 0 Å². The van der Waals surface area contributed by atoms with Crippen LogP contribution in [-0.2, 0) is 26.6 Å². The first-order chi connectivity index (χ1) is 18.3. The first-order valence-corrected chi connectivity index (χ1v) is 15.4. The number of aromatic nitrogens is 2. The van der Waals surface area contributed by atoms with Crippen molar-refractivity contribution in [3.05, 3.63) is 87.3 Å². The van der Waals surface area contributed by atoms with Crippen LogP contribution >= 0.6 is 11.3 Å². The zero-order valence-electron chi connectivity index (χ0n) is 20.4. The molecule has 0 amide bonds. The number of rotatable bonds is 6. The molecule has 202 valence electrons. The smallest absolute Gasteiger partial charge is 0.286 e. The number of nitrogens with zero attached hydrogens (tertiary/aromatic N) is 4. The van der Waals surface area contributed by atoms with Gasteiger partial charge in [0.25, 0.3) is 15.6 Å². The number of hydrogen-bond acceptors (Lipinski definition) is 9. The zero-order chi connectivity index (χ0) is 28.1. The van der Waals surface area contributed by atoms with E-state index in [1.807, 2.05) is 0 Å². The molecular formula is C24H20FN5O6S3. The van der Waals surface area contributed by atoms with E-state index in [0.717, 1.165) is 17.0 Å². The van der Waals surface area contributed by atoms with Crippen LogP contribution in [0.25, 0.3) is 10.6 Å². The topological polar surface area (TPSA) is 151 Å². The summed E-state index contributed by atoms with van der Waals surface area (Å²) in [6.45, 7) is -0.0916. The van der Waals surface area contributed by atoms with Gasteiger partial charge < -0.3 is 10.0 Å². The van der Waals surface area contributed by atoms with E-state index in [9.17, 15) is 31.1 Å². The van der Waals surface area contributed by atoms with Gasteiger partial charge in [-0.25, -0.2) is 17.5 Å². The highest BCUT2D eigenvalue weighted by atomic mass is 32.2. The average molecular weight is 590 g/mol. The number of sulfonamides is 2. The molecule has 2 N–H and O–H groups in total. The number of amidine groups is 1. The summed E-state index contributed by atoms with van der Waals surface area (Å²) in [6.07, 6.45) is 0.928. The lowest BCUT2D eigenvalue weighted by Gasteiger charge is -2.28. The predicted octanol–water partition coefficient (Wildman–Crippen LogP) is 2.82. The number of halogens is 1. The second kappa shape index (κ2) is 9.59. The molecule has 15 heteroatoms. The van der Waals surface area contributed by atoms with Crippen LogP contribution in [-0.4, -0.2) is 50.9 Å². The highest BCUT2D eigenvalue weighted by Crippen LogP contribution is 2.37. The molecule has 0 fully saturated rings. The highest BCUT2D eigenvalue weighted by Gasteiger charge is 2.34. The van der Waals surface area contributed by atoms with E-state index < -0.39 is 42.7 Å². The summed E-state index contributed by atoms with van der Waals surface area (Å²) in [5.74, 6) is -1.36. The summed E-state index contributed by atoms with van der Waals surface area (Å²) < 4.78 is 70.3. The third-order valence-corrected chi connectivity index (χ3v) is 8.56. The van der Waals surface area contributed by atoms with Crippen LogP contribution in [0.4, 0.5) is 15.8 Å². The monoisotopic (exact) mass is 589 g/mol. The van der Waals surface area contributed by atoms with Crippen molar-refractivity contribution in [2.24, 2.45) is 4.40 Å². The fourth-order valence-corrected chi connectivity index (χ4v) is 6.59. The SMILES string of the molecule is CN1C(c2c(O)c(-c3cccs3)nn(Cc3ccc(F)cc3)c2=O)=NS(=O)(=O)c2cc(NS(C)(=O)=O)ccc21. The van der Waals surface area contributed by atoms with Gasteiger partial charge in [-0.1, -0.05) is 18.2 Å². The second-order valence-corrected chi connectivity index (χ2v) is 12.9. The fraction of sp³-hybridized carbons (Fsp3) is 0.125. The normalized spacial score (nSPS) is 14.5. The lowest BCUT2D eigenvalue weighted by molar-refractivity contribution is 0.464. The quantitative estimate of drug-likeness (QED) is 0.349. The van der Waals surface area contributed by atoms with Gasteiger partial charge in [-0.2, -0.15) is 13.5 Å². The molecular weight excluding hydrogens is 569 g/mol. The van der Waals surface area contributed by atoms with Crippen LogP contribution in [0.3, 0.4) is 0 Å². The van der Waals surface area contributed by atoms with Crippen LogP contribution < -0.4 is 15.2 Å². The highest BCUT2D eigenvalue weighted by molar-refractivity contribution is 7.92. The Labute approximate surface area is 226 Å². The summed E-state index contributed by atoms with van der Waals surface area (Å²) in [5.41, 5.74) is -0.517. The average Bonchev–Trinajstić information content (AvgIpc) is 3.39. The molecule has 0 atom stereocenters. The minimum Gasteiger partial charge on any atom is -0.505 e. The van der Waals surface area contributed by atoms with Crippen LogP contribution in [0.15, 0.2) is 74.1 Å². The molecule has 1 aliphatic rings. The van der Waals surface area contributed by atoms with Crippen molar-refractivity contribution in [2.45, 2.75) is 11.4 Å². The number of anilines is 2. The number of aromatic hydroxyl groups is 1. The maximum Gasteiger partial charge on any atom is 0.286 e. The number of nitrogens with one attached hydrogen (secondary N) is 1. The van der Waals surface area contributed by atoms with E-state index in [1.165, 1.54) is 59.7 Å². The van der Waals surface area contributed by atoms with Crippen molar-refractivity contribution >= 4 is 48.6 Å². The summed E-state index contributed by atoms with van der Waals surface area (Å²) in [7, 11) is -6.65. The lowest BCUT2D eigenvalue weighted by Crippen LogP contribution is -2.39. The Kier molecular flexibility index (Phi) is 6.52. The van der Waals surface area contributed by atoms with Gasteiger partial charge in [-0.3, -0.25) is 9.52 Å². The van der Waals surface area contributed by atoms with Gasteiger partial charge in [-0.05, 0) is 47.3 Å². The number of benzene rings is 2. The van der Waals surface area contributed by atoms with Crippen molar-refractivity contribution in [3.63, 3.8) is 0 Å². The molecule has 0 spiro atoms. The molecule has 0 saturated carbocycles. The van der Waals surface area contributed by atoms with Gasteiger partial charge in [0.05, 0.1) is 23.4 Å². The van der Waals surface area contributed by atoms with Crippen LogP contribution in [0.1, 0.15) is 11.1 Å². The van der Waals surface area contributed by atoms with Crippen molar-refractivity contribution in [1.82, 2.24) is 9.78 Å². The van der Waals surface area contributed by atoms with Crippen molar-refractivity contribution in [2.75, 3.05) is 22.9 Å².